The molecule has 1 aliphatic heterocycles. The van der Waals surface area contributed by atoms with Crippen LogP contribution >= 0.6 is 0 Å². The van der Waals surface area contributed by atoms with Crippen LogP contribution in [-0.2, 0) is 14.8 Å². The van der Waals surface area contributed by atoms with E-state index >= 15 is 0 Å². The van der Waals surface area contributed by atoms with E-state index < -0.39 is 15.6 Å². The quantitative estimate of drug-likeness (QED) is 0.783. The molecule has 1 amide bonds. The van der Waals surface area contributed by atoms with Crippen molar-refractivity contribution in [2.75, 3.05) is 17.1 Å². The third-order valence-corrected chi connectivity index (χ3v) is 6.28. The lowest BCUT2D eigenvalue weighted by Gasteiger charge is -2.38. The van der Waals surface area contributed by atoms with Crippen LogP contribution < -0.4 is 14.4 Å². The zero-order valence-corrected chi connectivity index (χ0v) is 19.3. The fourth-order valence-corrected chi connectivity index (χ4v) is 4.81. The topological polar surface area (TPSA) is 75.7 Å². The SMILES string of the molecule is Cc1cc(C)cc(N(CC(=O)N[C@@H]2CC(C)(C)Oc3ccc(C)cc32)S(C)(=O)=O)c1. The predicted octanol–water partition coefficient (Wildman–Crippen LogP) is 3.80. The van der Waals surface area contributed by atoms with Crippen LogP contribution in [0.25, 0.3) is 0 Å². The lowest BCUT2D eigenvalue weighted by molar-refractivity contribution is -0.120. The van der Waals surface area contributed by atoms with Crippen LogP contribution in [0.1, 0.15) is 48.6 Å². The molecule has 162 valence electrons. The second-order valence-electron chi connectivity index (χ2n) is 8.84. The Morgan fingerprint density at radius 3 is 2.33 bits per heavy atom. The minimum atomic E-state index is -3.63. The molecule has 0 fully saturated rings. The number of carbonyl (C=O) groups excluding carboxylic acids is 1. The molecule has 7 heteroatoms. The standard InChI is InChI=1S/C23H30N2O4S/c1-15-7-8-21-19(12-15)20(13-23(4,5)29-21)24-22(26)14-25(30(6,27)28)18-10-16(2)9-17(3)11-18/h7-12,20H,13-14H2,1-6H3,(H,24,26)/t20-/m1/s1. The molecule has 0 aromatic heterocycles. The van der Waals surface area contributed by atoms with Gasteiger partial charge in [0.1, 0.15) is 17.9 Å². The first-order valence-corrected chi connectivity index (χ1v) is 11.8. The number of hydrogen-bond donors (Lipinski definition) is 1. The maximum Gasteiger partial charge on any atom is 0.241 e. The largest absolute Gasteiger partial charge is 0.487 e. The number of fused-ring (bicyclic) bond motifs is 1. The van der Waals surface area contributed by atoms with Crippen molar-refractivity contribution >= 4 is 21.6 Å². The number of sulfonamides is 1. The molecule has 6 nitrogen and oxygen atoms in total. The Morgan fingerprint density at radius 1 is 1.10 bits per heavy atom. The maximum absolute atomic E-state index is 13.0. The third kappa shape index (κ3) is 5.14. The molecule has 1 atom stereocenters. The Bertz CT molecular complexity index is 1060. The van der Waals surface area contributed by atoms with Crippen molar-refractivity contribution in [3.8, 4) is 5.75 Å². The smallest absolute Gasteiger partial charge is 0.241 e. The van der Waals surface area contributed by atoms with E-state index in [1.54, 1.807) is 12.1 Å². The summed E-state index contributed by atoms with van der Waals surface area (Å²) in [4.78, 5) is 13.0. The summed E-state index contributed by atoms with van der Waals surface area (Å²) < 4.78 is 32.1. The number of benzene rings is 2. The van der Waals surface area contributed by atoms with Gasteiger partial charge in [-0.3, -0.25) is 9.10 Å². The van der Waals surface area contributed by atoms with Gasteiger partial charge in [-0.2, -0.15) is 0 Å². The predicted molar refractivity (Wildman–Crippen MR) is 119 cm³/mol. The summed E-state index contributed by atoms with van der Waals surface area (Å²) in [6.07, 6.45) is 1.71. The summed E-state index contributed by atoms with van der Waals surface area (Å²) in [5.41, 5.74) is 3.92. The minimum absolute atomic E-state index is 0.253. The maximum atomic E-state index is 13.0. The first-order chi connectivity index (χ1) is 13.8. The van der Waals surface area contributed by atoms with Gasteiger partial charge in [-0.05, 0) is 63.9 Å². The van der Waals surface area contributed by atoms with Crippen molar-refractivity contribution in [2.45, 2.75) is 52.7 Å². The van der Waals surface area contributed by atoms with E-state index in [2.05, 4.69) is 5.32 Å². The summed E-state index contributed by atoms with van der Waals surface area (Å²) in [6.45, 7) is 9.48. The second-order valence-corrected chi connectivity index (χ2v) is 10.7. The number of rotatable bonds is 5. The normalized spacial score (nSPS) is 17.6. The van der Waals surface area contributed by atoms with Gasteiger partial charge in [0.25, 0.3) is 0 Å². The molecule has 2 aromatic rings. The van der Waals surface area contributed by atoms with Crippen molar-refractivity contribution in [3.05, 3.63) is 58.7 Å². The number of nitrogens with zero attached hydrogens (tertiary/aromatic N) is 1. The lowest BCUT2D eigenvalue weighted by atomic mass is 9.89. The molecule has 0 spiro atoms. The number of hydrogen-bond acceptors (Lipinski definition) is 4. The van der Waals surface area contributed by atoms with Gasteiger partial charge in [0.05, 0.1) is 18.0 Å². The molecule has 3 rings (SSSR count). The summed E-state index contributed by atoms with van der Waals surface area (Å²) in [7, 11) is -3.63. The Labute approximate surface area is 179 Å². The van der Waals surface area contributed by atoms with Gasteiger partial charge in [-0.25, -0.2) is 8.42 Å². The Kier molecular flexibility index (Phi) is 5.87. The van der Waals surface area contributed by atoms with E-state index in [4.69, 9.17) is 4.74 Å². The first kappa shape index (κ1) is 22.2. The first-order valence-electron chi connectivity index (χ1n) is 9.99. The Hall–Kier alpha value is -2.54. The van der Waals surface area contributed by atoms with Crippen LogP contribution in [0.15, 0.2) is 36.4 Å². The van der Waals surface area contributed by atoms with Crippen LogP contribution in [0.5, 0.6) is 5.75 Å². The van der Waals surface area contributed by atoms with Gasteiger partial charge < -0.3 is 10.1 Å². The number of carbonyl (C=O) groups is 1. The monoisotopic (exact) mass is 430 g/mol. The van der Waals surface area contributed by atoms with E-state index in [0.29, 0.717) is 12.1 Å². The molecule has 1 heterocycles. The zero-order chi connectivity index (χ0) is 22.3. The van der Waals surface area contributed by atoms with Crippen molar-refractivity contribution < 1.29 is 17.9 Å². The molecule has 0 radical (unpaired) electrons. The van der Waals surface area contributed by atoms with E-state index in [9.17, 15) is 13.2 Å². The summed E-state index contributed by atoms with van der Waals surface area (Å²) in [5.74, 6) is 0.395. The van der Waals surface area contributed by atoms with Crippen molar-refractivity contribution in [3.63, 3.8) is 0 Å². The van der Waals surface area contributed by atoms with E-state index in [1.165, 1.54) is 0 Å². The number of anilines is 1. The van der Waals surface area contributed by atoms with Gasteiger partial charge in [0.2, 0.25) is 15.9 Å². The van der Waals surface area contributed by atoms with E-state index in [1.807, 2.05) is 58.9 Å². The fraction of sp³-hybridized carbons (Fsp3) is 0.435. The molecule has 0 bridgehead atoms. The molecule has 0 aliphatic carbocycles. The highest BCUT2D eigenvalue weighted by Gasteiger charge is 2.35. The highest BCUT2D eigenvalue weighted by Crippen LogP contribution is 2.39. The van der Waals surface area contributed by atoms with Gasteiger partial charge in [0, 0.05) is 12.0 Å². The van der Waals surface area contributed by atoms with Gasteiger partial charge in [-0.1, -0.05) is 23.8 Å². The van der Waals surface area contributed by atoms with E-state index in [-0.39, 0.29) is 18.5 Å². The number of ether oxygens (including phenoxy) is 1. The molecule has 0 saturated carbocycles. The van der Waals surface area contributed by atoms with Crippen molar-refractivity contribution in [1.29, 1.82) is 0 Å². The van der Waals surface area contributed by atoms with Crippen LogP contribution in [0.3, 0.4) is 0 Å². The van der Waals surface area contributed by atoms with Crippen LogP contribution in [0, 0.1) is 20.8 Å². The van der Waals surface area contributed by atoms with E-state index in [0.717, 1.165) is 38.6 Å². The fourth-order valence-electron chi connectivity index (χ4n) is 3.97. The average Bonchev–Trinajstić information content (AvgIpc) is 2.58. The number of amides is 1. The Morgan fingerprint density at radius 2 is 1.73 bits per heavy atom. The van der Waals surface area contributed by atoms with Crippen LogP contribution in [0.2, 0.25) is 0 Å². The van der Waals surface area contributed by atoms with Gasteiger partial charge >= 0.3 is 0 Å². The van der Waals surface area contributed by atoms with Crippen molar-refractivity contribution in [1.82, 2.24) is 5.32 Å². The third-order valence-electron chi connectivity index (χ3n) is 5.14. The second kappa shape index (κ2) is 7.95. The molecular weight excluding hydrogens is 400 g/mol. The molecule has 0 unspecified atom stereocenters. The molecule has 1 N–H and O–H groups in total. The summed E-state index contributed by atoms with van der Waals surface area (Å²) in [5, 5.41) is 3.03. The highest BCUT2D eigenvalue weighted by atomic mass is 32.2. The molecule has 0 saturated heterocycles. The highest BCUT2D eigenvalue weighted by molar-refractivity contribution is 7.92. The molecular formula is C23H30N2O4S. The zero-order valence-electron chi connectivity index (χ0n) is 18.4. The lowest BCUT2D eigenvalue weighted by Crippen LogP contribution is -2.45. The Balaban J connectivity index is 1.87. The number of aryl methyl sites for hydroxylation is 3. The van der Waals surface area contributed by atoms with Crippen molar-refractivity contribution in [2.24, 2.45) is 0 Å². The molecule has 30 heavy (non-hydrogen) atoms. The number of nitrogens with one attached hydrogen (secondary N) is 1. The van der Waals surface area contributed by atoms with Crippen LogP contribution in [-0.4, -0.2) is 32.7 Å². The molecule has 1 aliphatic rings. The van der Waals surface area contributed by atoms with Gasteiger partial charge in [-0.15, -0.1) is 0 Å². The minimum Gasteiger partial charge on any atom is -0.487 e. The summed E-state index contributed by atoms with van der Waals surface area (Å²) in [6, 6.07) is 11.2. The summed E-state index contributed by atoms with van der Waals surface area (Å²) >= 11 is 0. The van der Waals surface area contributed by atoms with Gasteiger partial charge in [0.15, 0.2) is 0 Å². The molecule has 2 aromatic carbocycles. The average molecular weight is 431 g/mol. The van der Waals surface area contributed by atoms with Crippen LogP contribution in [0.4, 0.5) is 5.69 Å².